The molecule has 4 heteroatoms. The van der Waals surface area contributed by atoms with Gasteiger partial charge in [-0.15, -0.1) is 0 Å². The molecule has 0 amide bonds. The molecule has 0 saturated carbocycles. The van der Waals surface area contributed by atoms with E-state index in [-0.39, 0.29) is 5.60 Å². The molecule has 18 heavy (non-hydrogen) atoms. The van der Waals surface area contributed by atoms with Gasteiger partial charge in [0.2, 0.25) is 0 Å². The molecule has 0 radical (unpaired) electrons. The van der Waals surface area contributed by atoms with Crippen molar-refractivity contribution in [3.05, 3.63) is 22.8 Å². The van der Waals surface area contributed by atoms with Gasteiger partial charge in [0, 0.05) is 31.0 Å². The monoisotopic (exact) mass is 249 g/mol. The summed E-state index contributed by atoms with van der Waals surface area (Å²) in [6.45, 7) is 10.8. The lowest BCUT2D eigenvalue weighted by Crippen LogP contribution is -2.31. The predicted octanol–water partition coefficient (Wildman–Crippen LogP) is 2.44. The fourth-order valence-electron chi connectivity index (χ4n) is 2.65. The SMILES string of the molecule is CCOC(CC)(CC)c1nc(C)c2c(n1)CNC2. The van der Waals surface area contributed by atoms with E-state index in [1.165, 1.54) is 5.56 Å². The van der Waals surface area contributed by atoms with Gasteiger partial charge < -0.3 is 10.1 Å². The highest BCUT2D eigenvalue weighted by Crippen LogP contribution is 2.32. The van der Waals surface area contributed by atoms with Gasteiger partial charge in [0.1, 0.15) is 5.60 Å². The van der Waals surface area contributed by atoms with Gasteiger partial charge in [-0.3, -0.25) is 0 Å². The van der Waals surface area contributed by atoms with E-state index in [0.717, 1.165) is 43.1 Å². The van der Waals surface area contributed by atoms with Crippen molar-refractivity contribution in [3.8, 4) is 0 Å². The summed E-state index contributed by atoms with van der Waals surface area (Å²) in [6.07, 6.45) is 1.81. The Kier molecular flexibility index (Phi) is 3.97. The van der Waals surface area contributed by atoms with E-state index in [1.54, 1.807) is 0 Å². The van der Waals surface area contributed by atoms with Gasteiger partial charge in [0.15, 0.2) is 5.82 Å². The molecule has 1 N–H and O–H groups in total. The fraction of sp³-hybridized carbons (Fsp3) is 0.714. The Labute approximate surface area is 109 Å². The molecule has 1 aliphatic rings. The molecule has 100 valence electrons. The number of hydrogen-bond donors (Lipinski definition) is 1. The molecule has 0 unspecified atom stereocenters. The lowest BCUT2D eigenvalue weighted by Gasteiger charge is -2.30. The standard InChI is InChI=1S/C14H23N3O/c1-5-14(6-2,18-7-3)13-16-10(4)11-8-15-9-12(11)17-13/h15H,5-9H2,1-4H3. The van der Waals surface area contributed by atoms with E-state index in [9.17, 15) is 0 Å². The number of aryl methyl sites for hydroxylation is 1. The molecule has 0 saturated heterocycles. The minimum atomic E-state index is -0.322. The zero-order chi connectivity index (χ0) is 13.2. The Hall–Kier alpha value is -1.00. The van der Waals surface area contributed by atoms with Crippen LogP contribution in [0.1, 0.15) is 56.4 Å². The van der Waals surface area contributed by atoms with Crippen molar-refractivity contribution in [1.82, 2.24) is 15.3 Å². The minimum Gasteiger partial charge on any atom is -0.367 e. The minimum absolute atomic E-state index is 0.322. The zero-order valence-corrected chi connectivity index (χ0v) is 11.8. The highest BCUT2D eigenvalue weighted by molar-refractivity contribution is 5.29. The normalized spacial score (nSPS) is 14.9. The molecule has 2 rings (SSSR count). The van der Waals surface area contributed by atoms with Gasteiger partial charge in [-0.25, -0.2) is 9.97 Å². The van der Waals surface area contributed by atoms with Crippen molar-refractivity contribution in [1.29, 1.82) is 0 Å². The van der Waals surface area contributed by atoms with Gasteiger partial charge in [-0.1, -0.05) is 13.8 Å². The predicted molar refractivity (Wildman–Crippen MR) is 71.2 cm³/mol. The van der Waals surface area contributed by atoms with Crippen molar-refractivity contribution in [2.45, 2.75) is 59.2 Å². The van der Waals surface area contributed by atoms with Crippen LogP contribution >= 0.6 is 0 Å². The topological polar surface area (TPSA) is 47.0 Å². The number of hydrogen-bond acceptors (Lipinski definition) is 4. The van der Waals surface area contributed by atoms with Crippen LogP contribution in [-0.4, -0.2) is 16.6 Å². The molecular weight excluding hydrogens is 226 g/mol. The summed E-state index contributed by atoms with van der Waals surface area (Å²) in [7, 11) is 0. The van der Waals surface area contributed by atoms with Crippen molar-refractivity contribution >= 4 is 0 Å². The van der Waals surface area contributed by atoms with Crippen molar-refractivity contribution in [2.24, 2.45) is 0 Å². The highest BCUT2D eigenvalue weighted by atomic mass is 16.5. The first kappa shape index (κ1) is 13.4. The molecule has 2 heterocycles. The summed E-state index contributed by atoms with van der Waals surface area (Å²) in [6, 6.07) is 0. The first-order valence-corrected chi connectivity index (χ1v) is 6.88. The maximum Gasteiger partial charge on any atom is 0.160 e. The van der Waals surface area contributed by atoms with Crippen LogP contribution in [0.3, 0.4) is 0 Å². The molecule has 1 aliphatic heterocycles. The largest absolute Gasteiger partial charge is 0.367 e. The second-order valence-electron chi connectivity index (χ2n) is 4.80. The molecule has 0 spiro atoms. The first-order valence-electron chi connectivity index (χ1n) is 6.88. The fourth-order valence-corrected chi connectivity index (χ4v) is 2.65. The van der Waals surface area contributed by atoms with Crippen molar-refractivity contribution in [2.75, 3.05) is 6.61 Å². The van der Waals surface area contributed by atoms with E-state index in [1.807, 2.05) is 6.92 Å². The van der Waals surface area contributed by atoms with Gasteiger partial charge >= 0.3 is 0 Å². The maximum atomic E-state index is 5.98. The molecule has 1 aromatic heterocycles. The van der Waals surface area contributed by atoms with Crippen LogP contribution in [0.4, 0.5) is 0 Å². The van der Waals surface area contributed by atoms with Crippen LogP contribution in [0.2, 0.25) is 0 Å². The van der Waals surface area contributed by atoms with Gasteiger partial charge in [-0.2, -0.15) is 0 Å². The van der Waals surface area contributed by atoms with Crippen LogP contribution in [0.25, 0.3) is 0 Å². The summed E-state index contributed by atoms with van der Waals surface area (Å²) in [5.74, 6) is 0.856. The second kappa shape index (κ2) is 5.33. The lowest BCUT2D eigenvalue weighted by atomic mass is 9.95. The molecular formula is C14H23N3O. The zero-order valence-electron chi connectivity index (χ0n) is 11.8. The van der Waals surface area contributed by atoms with Gasteiger partial charge in [-0.05, 0) is 26.7 Å². The number of aromatic nitrogens is 2. The third-order valence-electron chi connectivity index (χ3n) is 3.86. The van der Waals surface area contributed by atoms with Crippen LogP contribution in [0.15, 0.2) is 0 Å². The summed E-state index contributed by atoms with van der Waals surface area (Å²) < 4.78 is 5.98. The van der Waals surface area contributed by atoms with Gasteiger partial charge in [0.25, 0.3) is 0 Å². The second-order valence-corrected chi connectivity index (χ2v) is 4.80. The molecule has 0 fully saturated rings. The Balaban J connectivity index is 2.45. The summed E-state index contributed by atoms with van der Waals surface area (Å²) in [4.78, 5) is 9.45. The van der Waals surface area contributed by atoms with E-state index >= 15 is 0 Å². The average Bonchev–Trinajstić information content (AvgIpc) is 2.85. The molecule has 0 aliphatic carbocycles. The average molecular weight is 249 g/mol. The first-order chi connectivity index (χ1) is 8.66. The molecule has 4 nitrogen and oxygen atoms in total. The van der Waals surface area contributed by atoms with Crippen molar-refractivity contribution in [3.63, 3.8) is 0 Å². The number of rotatable bonds is 5. The number of nitrogens with one attached hydrogen (secondary N) is 1. The Morgan fingerprint density at radius 1 is 1.17 bits per heavy atom. The van der Waals surface area contributed by atoms with E-state index in [2.05, 4.69) is 26.1 Å². The lowest BCUT2D eigenvalue weighted by molar-refractivity contribution is -0.0574. The highest BCUT2D eigenvalue weighted by Gasteiger charge is 2.33. The summed E-state index contributed by atoms with van der Waals surface area (Å²) in [5, 5.41) is 3.33. The quantitative estimate of drug-likeness (QED) is 0.870. The summed E-state index contributed by atoms with van der Waals surface area (Å²) >= 11 is 0. The Morgan fingerprint density at radius 2 is 1.89 bits per heavy atom. The summed E-state index contributed by atoms with van der Waals surface area (Å²) in [5.41, 5.74) is 3.17. The molecule has 0 bridgehead atoms. The third kappa shape index (κ3) is 2.15. The number of ether oxygens (including phenoxy) is 1. The smallest absolute Gasteiger partial charge is 0.160 e. The molecule has 1 aromatic rings. The maximum absolute atomic E-state index is 5.98. The van der Waals surface area contributed by atoms with Crippen LogP contribution in [0.5, 0.6) is 0 Å². The Bertz CT molecular complexity index is 427. The van der Waals surface area contributed by atoms with Crippen molar-refractivity contribution < 1.29 is 4.74 Å². The van der Waals surface area contributed by atoms with E-state index in [0.29, 0.717) is 6.61 Å². The van der Waals surface area contributed by atoms with Gasteiger partial charge in [0.05, 0.1) is 5.69 Å². The van der Waals surface area contributed by atoms with Crippen LogP contribution < -0.4 is 5.32 Å². The van der Waals surface area contributed by atoms with E-state index < -0.39 is 0 Å². The number of nitrogens with zero attached hydrogens (tertiary/aromatic N) is 2. The third-order valence-corrected chi connectivity index (χ3v) is 3.86. The van der Waals surface area contributed by atoms with Crippen LogP contribution in [-0.2, 0) is 23.4 Å². The Morgan fingerprint density at radius 3 is 2.50 bits per heavy atom. The number of fused-ring (bicyclic) bond motifs is 1. The molecule has 0 aromatic carbocycles. The van der Waals surface area contributed by atoms with E-state index in [4.69, 9.17) is 14.7 Å². The molecule has 0 atom stereocenters. The van der Waals surface area contributed by atoms with Crippen LogP contribution in [0, 0.1) is 6.92 Å².